The monoisotopic (exact) mass is 177 g/mol. The van der Waals surface area contributed by atoms with Gasteiger partial charge in [-0.15, -0.1) is 5.10 Å². The third-order valence-electron chi connectivity index (χ3n) is 1.89. The summed E-state index contributed by atoms with van der Waals surface area (Å²) >= 11 is 0. The molecule has 0 aliphatic heterocycles. The maximum Gasteiger partial charge on any atom is 0.0844 e. The lowest BCUT2D eigenvalue weighted by Crippen LogP contribution is -2.05. The van der Waals surface area contributed by atoms with Crippen LogP contribution in [0.5, 0.6) is 0 Å². The Kier molecular flexibility index (Phi) is 1.84. The van der Waals surface area contributed by atoms with E-state index < -0.39 is 0 Å². The molecule has 2 rings (SSSR count). The number of aromatic nitrogens is 5. The number of hydrogen-bond donors (Lipinski definition) is 0. The van der Waals surface area contributed by atoms with Crippen molar-refractivity contribution >= 4 is 0 Å². The van der Waals surface area contributed by atoms with Crippen molar-refractivity contribution in [3.8, 4) is 0 Å². The number of nitrogens with zero attached hydrogens (tertiary/aromatic N) is 5. The van der Waals surface area contributed by atoms with Gasteiger partial charge in [-0.05, 0) is 12.5 Å². The number of hydrogen-bond acceptors (Lipinski definition) is 3. The van der Waals surface area contributed by atoms with Gasteiger partial charge in [0, 0.05) is 13.2 Å². The lowest BCUT2D eigenvalue weighted by atomic mass is 10.4. The minimum atomic E-state index is 0.720. The van der Waals surface area contributed by atoms with E-state index in [-0.39, 0.29) is 0 Å². The predicted octanol–water partition coefficient (Wildman–Crippen LogP) is 0.368. The second kappa shape index (κ2) is 3.01. The molecule has 0 amide bonds. The molecular formula is C8H11N5. The second-order valence-corrected chi connectivity index (χ2v) is 3.06. The Hall–Kier alpha value is -1.65. The summed E-state index contributed by atoms with van der Waals surface area (Å²) in [6, 6.07) is 0. The molecule has 0 saturated heterocycles. The maximum atomic E-state index is 4.18. The van der Waals surface area contributed by atoms with Gasteiger partial charge in [0.1, 0.15) is 0 Å². The molecule has 0 radical (unpaired) electrons. The van der Waals surface area contributed by atoms with E-state index in [9.17, 15) is 0 Å². The van der Waals surface area contributed by atoms with Crippen molar-refractivity contribution in [2.24, 2.45) is 7.05 Å². The van der Waals surface area contributed by atoms with Gasteiger partial charge in [-0.2, -0.15) is 5.10 Å². The van der Waals surface area contributed by atoms with E-state index in [0.717, 1.165) is 17.8 Å². The molecule has 2 aromatic heterocycles. The van der Waals surface area contributed by atoms with Gasteiger partial charge in [0.05, 0.1) is 24.6 Å². The van der Waals surface area contributed by atoms with Gasteiger partial charge in [0.2, 0.25) is 0 Å². The molecule has 5 heteroatoms. The molecule has 13 heavy (non-hydrogen) atoms. The molecule has 0 N–H and O–H groups in total. The van der Waals surface area contributed by atoms with Crippen molar-refractivity contribution in [2.45, 2.75) is 13.5 Å². The number of rotatable bonds is 2. The van der Waals surface area contributed by atoms with E-state index in [1.165, 1.54) is 0 Å². The fourth-order valence-electron chi connectivity index (χ4n) is 1.17. The molecule has 0 aliphatic rings. The van der Waals surface area contributed by atoms with Crippen molar-refractivity contribution in [1.82, 2.24) is 24.8 Å². The van der Waals surface area contributed by atoms with Crippen molar-refractivity contribution in [3.05, 3.63) is 29.8 Å². The SMILES string of the molecule is Cc1cnn(Cc2cnnn2C)c1. The van der Waals surface area contributed by atoms with Gasteiger partial charge in [-0.1, -0.05) is 5.21 Å². The summed E-state index contributed by atoms with van der Waals surface area (Å²) in [5, 5.41) is 11.8. The summed E-state index contributed by atoms with van der Waals surface area (Å²) in [6.07, 6.45) is 5.58. The van der Waals surface area contributed by atoms with Crippen LogP contribution in [-0.2, 0) is 13.6 Å². The molecule has 2 aromatic rings. The molecule has 5 nitrogen and oxygen atoms in total. The Labute approximate surface area is 76.0 Å². The minimum Gasteiger partial charge on any atom is -0.266 e. The molecule has 0 aliphatic carbocycles. The van der Waals surface area contributed by atoms with Gasteiger partial charge in [0.25, 0.3) is 0 Å². The highest BCUT2D eigenvalue weighted by Gasteiger charge is 2.01. The molecule has 0 spiro atoms. The minimum absolute atomic E-state index is 0.720. The second-order valence-electron chi connectivity index (χ2n) is 3.06. The average molecular weight is 177 g/mol. The van der Waals surface area contributed by atoms with Crippen LogP contribution in [0.25, 0.3) is 0 Å². The van der Waals surface area contributed by atoms with E-state index in [1.807, 2.05) is 31.0 Å². The zero-order valence-electron chi connectivity index (χ0n) is 7.68. The van der Waals surface area contributed by atoms with Crippen LogP contribution in [0.4, 0.5) is 0 Å². The standard InChI is InChI=1S/C8H11N5/c1-7-3-10-13(5-7)6-8-4-9-11-12(8)2/h3-5H,6H2,1-2H3. The Morgan fingerprint density at radius 1 is 1.38 bits per heavy atom. The van der Waals surface area contributed by atoms with Crippen LogP contribution >= 0.6 is 0 Å². The number of aryl methyl sites for hydroxylation is 2. The molecule has 0 fully saturated rings. The Morgan fingerprint density at radius 3 is 2.77 bits per heavy atom. The van der Waals surface area contributed by atoms with E-state index in [4.69, 9.17) is 0 Å². The quantitative estimate of drug-likeness (QED) is 0.665. The van der Waals surface area contributed by atoms with Crippen molar-refractivity contribution < 1.29 is 0 Å². The molecule has 68 valence electrons. The highest BCUT2D eigenvalue weighted by Crippen LogP contribution is 1.99. The fraction of sp³-hybridized carbons (Fsp3) is 0.375. The highest BCUT2D eigenvalue weighted by molar-refractivity contribution is 5.02. The van der Waals surface area contributed by atoms with Gasteiger partial charge >= 0.3 is 0 Å². The Balaban J connectivity index is 2.19. The first-order valence-corrected chi connectivity index (χ1v) is 4.08. The van der Waals surface area contributed by atoms with Crippen LogP contribution in [0.15, 0.2) is 18.6 Å². The van der Waals surface area contributed by atoms with Crippen LogP contribution in [0, 0.1) is 6.92 Å². The zero-order chi connectivity index (χ0) is 9.26. The predicted molar refractivity (Wildman–Crippen MR) is 47.1 cm³/mol. The molecule has 0 bridgehead atoms. The fourth-order valence-corrected chi connectivity index (χ4v) is 1.17. The van der Waals surface area contributed by atoms with Crippen LogP contribution in [0.2, 0.25) is 0 Å². The van der Waals surface area contributed by atoms with Crippen LogP contribution in [0.3, 0.4) is 0 Å². The molecule has 0 saturated carbocycles. The summed E-state index contributed by atoms with van der Waals surface area (Å²) in [6.45, 7) is 2.74. The first kappa shape index (κ1) is 7.97. The first-order chi connectivity index (χ1) is 6.25. The largest absolute Gasteiger partial charge is 0.266 e. The Bertz CT molecular complexity index is 400. The lowest BCUT2D eigenvalue weighted by Gasteiger charge is -1.99. The zero-order valence-corrected chi connectivity index (χ0v) is 7.68. The van der Waals surface area contributed by atoms with Gasteiger partial charge < -0.3 is 0 Å². The molecule has 0 atom stereocenters. The molecule has 2 heterocycles. The lowest BCUT2D eigenvalue weighted by molar-refractivity contribution is 0.611. The third-order valence-corrected chi connectivity index (χ3v) is 1.89. The summed E-state index contributed by atoms with van der Waals surface area (Å²) in [5.41, 5.74) is 2.21. The first-order valence-electron chi connectivity index (χ1n) is 4.08. The van der Waals surface area contributed by atoms with Gasteiger partial charge in [-0.3, -0.25) is 9.36 Å². The van der Waals surface area contributed by atoms with Crippen molar-refractivity contribution in [3.63, 3.8) is 0 Å². The van der Waals surface area contributed by atoms with Gasteiger partial charge in [-0.25, -0.2) is 0 Å². The van der Waals surface area contributed by atoms with Crippen LogP contribution in [-0.4, -0.2) is 24.8 Å². The third kappa shape index (κ3) is 1.58. The van der Waals surface area contributed by atoms with Crippen molar-refractivity contribution in [2.75, 3.05) is 0 Å². The molecule has 0 unspecified atom stereocenters. The molecule has 0 aromatic carbocycles. The average Bonchev–Trinajstić information content (AvgIpc) is 2.64. The summed E-state index contributed by atoms with van der Waals surface area (Å²) in [5.74, 6) is 0. The van der Waals surface area contributed by atoms with E-state index in [1.54, 1.807) is 10.9 Å². The normalized spacial score (nSPS) is 10.6. The summed E-state index contributed by atoms with van der Waals surface area (Å²) in [7, 11) is 1.87. The topological polar surface area (TPSA) is 48.5 Å². The van der Waals surface area contributed by atoms with E-state index in [0.29, 0.717) is 0 Å². The maximum absolute atomic E-state index is 4.18. The van der Waals surface area contributed by atoms with E-state index >= 15 is 0 Å². The Morgan fingerprint density at radius 2 is 2.23 bits per heavy atom. The molecular weight excluding hydrogens is 166 g/mol. The highest BCUT2D eigenvalue weighted by atomic mass is 15.4. The van der Waals surface area contributed by atoms with E-state index in [2.05, 4.69) is 15.4 Å². The van der Waals surface area contributed by atoms with Gasteiger partial charge in [0.15, 0.2) is 0 Å². The van der Waals surface area contributed by atoms with Crippen LogP contribution < -0.4 is 0 Å². The summed E-state index contributed by atoms with van der Waals surface area (Å²) in [4.78, 5) is 0. The summed E-state index contributed by atoms with van der Waals surface area (Å²) < 4.78 is 3.62. The van der Waals surface area contributed by atoms with Crippen LogP contribution in [0.1, 0.15) is 11.3 Å². The van der Waals surface area contributed by atoms with Crippen molar-refractivity contribution in [1.29, 1.82) is 0 Å². The smallest absolute Gasteiger partial charge is 0.0844 e.